The van der Waals surface area contributed by atoms with Gasteiger partial charge in [0, 0.05) is 32.1 Å². The van der Waals surface area contributed by atoms with Crippen molar-refractivity contribution in [3.8, 4) is 5.75 Å². The molecule has 21 heavy (non-hydrogen) atoms. The quantitative estimate of drug-likeness (QED) is 0.947. The Hall–Kier alpha value is -2.08. The number of thiophene rings is 1. The van der Waals surface area contributed by atoms with E-state index >= 15 is 0 Å². The lowest BCUT2D eigenvalue weighted by Crippen LogP contribution is -2.43. The van der Waals surface area contributed by atoms with Crippen molar-refractivity contribution in [3.63, 3.8) is 0 Å². The Balaban J connectivity index is 1.47. The fraction of sp³-hybridized carbons (Fsp3) is 0.333. The second kappa shape index (κ2) is 6.58. The van der Waals surface area contributed by atoms with Crippen LogP contribution in [-0.4, -0.2) is 35.1 Å². The number of piperidine rings is 1. The van der Waals surface area contributed by atoms with E-state index in [1.54, 1.807) is 12.4 Å². The van der Waals surface area contributed by atoms with Gasteiger partial charge >= 0.3 is 6.03 Å². The molecule has 0 bridgehead atoms. The lowest BCUT2D eigenvalue weighted by atomic mass is 10.1. The molecule has 2 aromatic rings. The van der Waals surface area contributed by atoms with E-state index in [1.807, 2.05) is 34.5 Å². The summed E-state index contributed by atoms with van der Waals surface area (Å²) < 4.78 is 5.87. The van der Waals surface area contributed by atoms with Crippen LogP contribution in [0.1, 0.15) is 12.8 Å². The summed E-state index contributed by atoms with van der Waals surface area (Å²) in [4.78, 5) is 18.0. The Kier molecular flexibility index (Phi) is 4.35. The number of hydrogen-bond donors (Lipinski definition) is 1. The van der Waals surface area contributed by atoms with Crippen molar-refractivity contribution in [1.29, 1.82) is 0 Å². The zero-order valence-corrected chi connectivity index (χ0v) is 12.4. The summed E-state index contributed by atoms with van der Waals surface area (Å²) in [7, 11) is 0. The summed E-state index contributed by atoms with van der Waals surface area (Å²) in [5.74, 6) is 0.791. The van der Waals surface area contributed by atoms with Crippen LogP contribution >= 0.6 is 11.3 Å². The molecule has 1 saturated heterocycles. The van der Waals surface area contributed by atoms with Crippen LogP contribution in [-0.2, 0) is 0 Å². The van der Waals surface area contributed by atoms with E-state index < -0.39 is 0 Å². The van der Waals surface area contributed by atoms with Crippen LogP contribution in [0.5, 0.6) is 5.75 Å². The second-order valence-corrected chi connectivity index (χ2v) is 5.85. The molecule has 5 nitrogen and oxygen atoms in total. The summed E-state index contributed by atoms with van der Waals surface area (Å²) in [5.41, 5.74) is 0. The smallest absolute Gasteiger partial charge is 0.322 e. The third-order valence-corrected chi connectivity index (χ3v) is 4.20. The molecular formula is C15H17N3O2S. The lowest BCUT2D eigenvalue weighted by Gasteiger charge is -2.32. The summed E-state index contributed by atoms with van der Waals surface area (Å²) in [6, 6.07) is 7.56. The number of nitrogens with zero attached hydrogens (tertiary/aromatic N) is 2. The molecule has 110 valence electrons. The minimum Gasteiger partial charge on any atom is -0.489 e. The van der Waals surface area contributed by atoms with Gasteiger partial charge in [-0.05, 0) is 29.6 Å². The highest BCUT2D eigenvalue weighted by Crippen LogP contribution is 2.20. The SMILES string of the molecule is O=C(Nc1cccs1)N1CCC(Oc2cccnc2)CC1. The molecule has 0 aliphatic carbocycles. The van der Waals surface area contributed by atoms with Gasteiger partial charge in [0.25, 0.3) is 0 Å². The third-order valence-electron chi connectivity index (χ3n) is 3.42. The van der Waals surface area contributed by atoms with Crippen LogP contribution in [0.3, 0.4) is 0 Å². The summed E-state index contributed by atoms with van der Waals surface area (Å²) in [6.07, 6.45) is 5.28. The van der Waals surface area contributed by atoms with Gasteiger partial charge in [-0.25, -0.2) is 4.79 Å². The van der Waals surface area contributed by atoms with E-state index in [2.05, 4.69) is 10.3 Å². The molecule has 2 amide bonds. The molecule has 0 aromatic carbocycles. The predicted octanol–water partition coefficient (Wildman–Crippen LogP) is 3.22. The van der Waals surface area contributed by atoms with Crippen molar-refractivity contribution in [1.82, 2.24) is 9.88 Å². The van der Waals surface area contributed by atoms with Gasteiger partial charge < -0.3 is 9.64 Å². The normalized spacial score (nSPS) is 15.7. The van der Waals surface area contributed by atoms with Crippen LogP contribution in [0.25, 0.3) is 0 Å². The van der Waals surface area contributed by atoms with Gasteiger partial charge in [-0.3, -0.25) is 10.3 Å². The fourth-order valence-electron chi connectivity index (χ4n) is 2.32. The van der Waals surface area contributed by atoms with Crippen LogP contribution in [0.15, 0.2) is 42.0 Å². The molecule has 0 atom stereocenters. The van der Waals surface area contributed by atoms with E-state index in [0.29, 0.717) is 13.1 Å². The van der Waals surface area contributed by atoms with Gasteiger partial charge in [0.15, 0.2) is 0 Å². The number of hydrogen-bond acceptors (Lipinski definition) is 4. The van der Waals surface area contributed by atoms with Crippen LogP contribution in [0, 0.1) is 0 Å². The molecule has 0 saturated carbocycles. The number of carbonyl (C=O) groups excluding carboxylic acids is 1. The molecule has 3 heterocycles. The summed E-state index contributed by atoms with van der Waals surface area (Å²) in [6.45, 7) is 1.42. The molecule has 1 aliphatic heterocycles. The first-order chi connectivity index (χ1) is 10.3. The topological polar surface area (TPSA) is 54.5 Å². The van der Waals surface area contributed by atoms with Gasteiger partial charge in [0.2, 0.25) is 0 Å². The molecule has 1 N–H and O–H groups in total. The maximum Gasteiger partial charge on any atom is 0.322 e. The monoisotopic (exact) mass is 303 g/mol. The largest absolute Gasteiger partial charge is 0.489 e. The number of anilines is 1. The molecule has 3 rings (SSSR count). The number of pyridine rings is 1. The van der Waals surface area contributed by atoms with Crippen molar-refractivity contribution in [2.75, 3.05) is 18.4 Å². The molecule has 0 spiro atoms. The van der Waals surface area contributed by atoms with Gasteiger partial charge in [-0.2, -0.15) is 0 Å². The maximum absolute atomic E-state index is 12.1. The van der Waals surface area contributed by atoms with E-state index in [1.165, 1.54) is 11.3 Å². The highest BCUT2D eigenvalue weighted by molar-refractivity contribution is 7.14. The van der Waals surface area contributed by atoms with E-state index in [4.69, 9.17) is 4.74 Å². The van der Waals surface area contributed by atoms with Gasteiger partial charge in [0.1, 0.15) is 11.9 Å². The predicted molar refractivity (Wildman–Crippen MR) is 82.8 cm³/mol. The van der Waals surface area contributed by atoms with Crippen LogP contribution in [0.2, 0.25) is 0 Å². The lowest BCUT2D eigenvalue weighted by molar-refractivity contribution is 0.115. The first-order valence-corrected chi connectivity index (χ1v) is 7.85. The Morgan fingerprint density at radius 3 is 2.86 bits per heavy atom. The minimum absolute atomic E-state index is 0.0303. The molecule has 0 unspecified atom stereocenters. The number of likely N-dealkylation sites (tertiary alicyclic amines) is 1. The van der Waals surface area contributed by atoms with Crippen molar-refractivity contribution < 1.29 is 9.53 Å². The van der Waals surface area contributed by atoms with E-state index in [9.17, 15) is 4.79 Å². The van der Waals surface area contributed by atoms with Gasteiger partial charge in [-0.1, -0.05) is 0 Å². The second-order valence-electron chi connectivity index (χ2n) is 4.90. The first-order valence-electron chi connectivity index (χ1n) is 6.97. The van der Waals surface area contributed by atoms with Crippen LogP contribution < -0.4 is 10.1 Å². The number of urea groups is 1. The standard InChI is InChI=1S/C15H17N3O2S/c19-15(17-14-4-2-10-21-14)18-8-5-12(6-9-18)20-13-3-1-7-16-11-13/h1-4,7,10-12H,5-6,8-9H2,(H,17,19). The number of nitrogens with one attached hydrogen (secondary N) is 1. The van der Waals surface area contributed by atoms with Crippen molar-refractivity contribution in [3.05, 3.63) is 42.0 Å². The van der Waals surface area contributed by atoms with Crippen molar-refractivity contribution in [2.24, 2.45) is 0 Å². The average molecular weight is 303 g/mol. The number of carbonyl (C=O) groups is 1. The number of aromatic nitrogens is 1. The summed E-state index contributed by atoms with van der Waals surface area (Å²) in [5, 5.41) is 5.74. The Labute approximate surface area is 127 Å². The molecular weight excluding hydrogens is 286 g/mol. The van der Waals surface area contributed by atoms with Crippen molar-refractivity contribution >= 4 is 22.4 Å². The molecule has 2 aromatic heterocycles. The van der Waals surface area contributed by atoms with E-state index in [-0.39, 0.29) is 12.1 Å². The van der Waals surface area contributed by atoms with Gasteiger partial charge in [0.05, 0.1) is 11.2 Å². The fourth-order valence-corrected chi connectivity index (χ4v) is 2.93. The Morgan fingerprint density at radius 1 is 1.33 bits per heavy atom. The number of amides is 2. The zero-order chi connectivity index (χ0) is 14.5. The number of rotatable bonds is 3. The Morgan fingerprint density at radius 2 is 2.19 bits per heavy atom. The highest BCUT2D eigenvalue weighted by atomic mass is 32.1. The summed E-state index contributed by atoms with van der Waals surface area (Å²) >= 11 is 1.53. The Bertz CT molecular complexity index is 566. The minimum atomic E-state index is -0.0303. The first kappa shape index (κ1) is 13.9. The third kappa shape index (κ3) is 3.72. The molecule has 6 heteroatoms. The number of ether oxygens (including phenoxy) is 1. The van der Waals surface area contributed by atoms with Crippen LogP contribution in [0.4, 0.5) is 9.80 Å². The molecule has 1 fully saturated rings. The average Bonchev–Trinajstić information content (AvgIpc) is 3.02. The zero-order valence-electron chi connectivity index (χ0n) is 11.6. The highest BCUT2D eigenvalue weighted by Gasteiger charge is 2.24. The van der Waals surface area contributed by atoms with Gasteiger partial charge in [-0.15, -0.1) is 11.3 Å². The maximum atomic E-state index is 12.1. The molecule has 1 aliphatic rings. The van der Waals surface area contributed by atoms with E-state index in [0.717, 1.165) is 23.6 Å². The molecule has 0 radical (unpaired) electrons. The van der Waals surface area contributed by atoms with Crippen molar-refractivity contribution in [2.45, 2.75) is 18.9 Å².